The third kappa shape index (κ3) is 18.1. The van der Waals surface area contributed by atoms with Crippen molar-refractivity contribution in [1.29, 1.82) is 0 Å². The van der Waals surface area contributed by atoms with Crippen molar-refractivity contribution in [3.8, 4) is 0 Å². The first-order valence-corrected chi connectivity index (χ1v) is 15.5. The maximum atomic E-state index is 10.5. The molecule has 0 aromatic heterocycles. The molecule has 9 unspecified atom stereocenters. The number of rotatable bonds is 23. The van der Waals surface area contributed by atoms with E-state index in [0.29, 0.717) is 6.42 Å². The molecule has 0 aromatic rings. The number of hydrogen-bond donors (Lipinski definition) is 9. The third-order valence-electron chi connectivity index (χ3n) is 7.18. The zero-order valence-electron chi connectivity index (χ0n) is 25.4. The van der Waals surface area contributed by atoms with E-state index in [1.807, 2.05) is 0 Å². The number of aliphatic hydroxyl groups excluding tert-OH is 8. The Bertz CT molecular complexity index is 720. The molecular weight excluding hydrogens is 568 g/mol. The van der Waals surface area contributed by atoms with Crippen molar-refractivity contribution >= 4 is 12.3 Å². The van der Waals surface area contributed by atoms with Crippen molar-refractivity contribution in [3.05, 3.63) is 12.2 Å². The average Bonchev–Trinajstić information content (AvgIpc) is 3.00. The van der Waals surface area contributed by atoms with Crippen LogP contribution in [-0.2, 0) is 19.1 Å². The highest BCUT2D eigenvalue weighted by atomic mass is 16.7. The van der Waals surface area contributed by atoms with Gasteiger partial charge in [0.25, 0.3) is 0 Å². The molecule has 0 bridgehead atoms. The van der Waals surface area contributed by atoms with Crippen LogP contribution in [-0.4, -0.2) is 127 Å². The van der Waals surface area contributed by atoms with Crippen LogP contribution in [0.5, 0.6) is 0 Å². The summed E-state index contributed by atoms with van der Waals surface area (Å²) in [5, 5.41) is 84.3. The number of hydrogen-bond acceptors (Lipinski definition) is 12. The minimum Gasteiger partial charge on any atom is -0.481 e. The van der Waals surface area contributed by atoms with Crippen LogP contribution in [0.15, 0.2) is 12.2 Å². The smallest absolute Gasteiger partial charge is 0.303 e. The molecule has 0 radical (unpaired) electrons. The molecule has 9 atom stereocenters. The van der Waals surface area contributed by atoms with Crippen molar-refractivity contribution < 1.29 is 65.0 Å². The highest BCUT2D eigenvalue weighted by Crippen LogP contribution is 2.24. The molecule has 1 heterocycles. The molecular formula is C30H56O13. The Morgan fingerprint density at radius 1 is 0.814 bits per heavy atom. The van der Waals surface area contributed by atoms with Crippen LogP contribution in [0.2, 0.25) is 0 Å². The van der Waals surface area contributed by atoms with E-state index in [1.165, 1.54) is 70.6 Å². The summed E-state index contributed by atoms with van der Waals surface area (Å²) in [6.07, 6.45) is 5.54. The maximum absolute atomic E-state index is 10.5. The van der Waals surface area contributed by atoms with E-state index in [0.717, 1.165) is 12.8 Å². The van der Waals surface area contributed by atoms with Gasteiger partial charge >= 0.3 is 5.97 Å². The summed E-state index contributed by atoms with van der Waals surface area (Å²) in [7, 11) is 0. The van der Waals surface area contributed by atoms with Gasteiger partial charge in [0, 0.05) is 6.42 Å². The van der Waals surface area contributed by atoms with Gasteiger partial charge in [0.2, 0.25) is 0 Å². The molecule has 0 amide bonds. The Balaban J connectivity index is 0.000000830. The maximum Gasteiger partial charge on any atom is 0.303 e. The van der Waals surface area contributed by atoms with Gasteiger partial charge in [-0.3, -0.25) is 4.79 Å². The first-order valence-electron chi connectivity index (χ1n) is 15.5. The number of carboxylic acid groups (broad SMARTS) is 1. The highest BCUT2D eigenvalue weighted by molar-refractivity contribution is 5.66. The van der Waals surface area contributed by atoms with Crippen molar-refractivity contribution in [2.45, 2.75) is 152 Å². The zero-order chi connectivity index (χ0) is 32.6. The number of aliphatic hydroxyl groups is 8. The van der Waals surface area contributed by atoms with Crippen LogP contribution in [0.4, 0.5) is 0 Å². The van der Waals surface area contributed by atoms with Crippen molar-refractivity contribution in [1.82, 2.24) is 0 Å². The van der Waals surface area contributed by atoms with Gasteiger partial charge in [-0.05, 0) is 32.1 Å². The second-order valence-corrected chi connectivity index (χ2v) is 10.9. The molecule has 254 valence electrons. The normalized spacial score (nSPS) is 25.0. The van der Waals surface area contributed by atoms with Crippen LogP contribution in [0.3, 0.4) is 0 Å². The van der Waals surface area contributed by atoms with Gasteiger partial charge in [-0.15, -0.1) is 0 Å². The van der Waals surface area contributed by atoms with E-state index in [-0.39, 0.29) is 6.29 Å². The number of carboxylic acids is 1. The molecule has 1 aliphatic heterocycles. The standard InChI is InChI=1S/C18H34O2.C12H22O11/c1-2-3-4-5-6-7-8-9-10-11-12-13-14-15-16-17-18(19)20;13-1-4(16)7(18)11(5(17)2-14)23-12-10(21)9(20)8(19)6(3-15)22-12/h9-10H,2-8,11-17H2,1H3,(H,19,20);1,4-12,14-21H,2-3H2/b10-9+;. The fourth-order valence-corrected chi connectivity index (χ4v) is 4.46. The number of carbonyl (C=O) groups is 2. The quantitative estimate of drug-likeness (QED) is 0.0430. The zero-order valence-corrected chi connectivity index (χ0v) is 25.4. The minimum absolute atomic E-state index is 0.0294. The summed E-state index contributed by atoms with van der Waals surface area (Å²) in [6.45, 7) is 0.622. The molecule has 0 aromatic carbocycles. The lowest BCUT2D eigenvalue weighted by atomic mass is 9.98. The first-order chi connectivity index (χ1) is 20.5. The molecule has 1 rings (SSSR count). The fraction of sp³-hybridized carbons (Fsp3) is 0.867. The van der Waals surface area contributed by atoms with Crippen LogP contribution in [0.25, 0.3) is 0 Å². The van der Waals surface area contributed by atoms with Crippen molar-refractivity contribution in [2.75, 3.05) is 13.2 Å². The largest absolute Gasteiger partial charge is 0.481 e. The second-order valence-electron chi connectivity index (χ2n) is 10.9. The summed E-state index contributed by atoms with van der Waals surface area (Å²) in [5.41, 5.74) is 0. The summed E-state index contributed by atoms with van der Waals surface area (Å²) in [5.74, 6) is -0.664. The van der Waals surface area contributed by atoms with Gasteiger partial charge in [0.05, 0.1) is 13.2 Å². The summed E-state index contributed by atoms with van der Waals surface area (Å²) < 4.78 is 10.1. The number of ether oxygens (including phenoxy) is 2. The molecule has 1 fully saturated rings. The molecule has 9 N–H and O–H groups in total. The monoisotopic (exact) mass is 624 g/mol. The Morgan fingerprint density at radius 3 is 1.84 bits per heavy atom. The predicted octanol–water partition coefficient (Wildman–Crippen LogP) is 0.554. The number of aldehydes is 1. The molecule has 13 heteroatoms. The van der Waals surface area contributed by atoms with E-state index >= 15 is 0 Å². The van der Waals surface area contributed by atoms with Gasteiger partial charge in [-0.2, -0.15) is 0 Å². The second kappa shape index (κ2) is 25.8. The lowest BCUT2D eigenvalue weighted by Crippen LogP contribution is -2.61. The number of aliphatic carboxylic acids is 1. The van der Waals surface area contributed by atoms with Gasteiger partial charge in [-0.25, -0.2) is 0 Å². The molecule has 1 aliphatic rings. The molecule has 1 saturated heterocycles. The van der Waals surface area contributed by atoms with Crippen LogP contribution >= 0.6 is 0 Å². The SMILES string of the molecule is CCCCCCCC/C=C/CCCCCCCC(=O)O.O=CC(O)C(O)C(OC1OC(CO)C(O)C(O)C1O)C(O)CO. The van der Waals surface area contributed by atoms with Gasteiger partial charge in [0.1, 0.15) is 48.8 Å². The lowest BCUT2D eigenvalue weighted by molar-refractivity contribution is -0.326. The Morgan fingerprint density at radius 2 is 1.35 bits per heavy atom. The van der Waals surface area contributed by atoms with Gasteiger partial charge in [0.15, 0.2) is 12.6 Å². The van der Waals surface area contributed by atoms with Crippen molar-refractivity contribution in [3.63, 3.8) is 0 Å². The Labute approximate surface area is 254 Å². The van der Waals surface area contributed by atoms with Crippen LogP contribution in [0.1, 0.15) is 96.8 Å². The summed E-state index contributed by atoms with van der Waals surface area (Å²) in [6, 6.07) is 0. The number of carbonyl (C=O) groups excluding carboxylic acids is 1. The fourth-order valence-electron chi connectivity index (χ4n) is 4.46. The van der Waals surface area contributed by atoms with Gasteiger partial charge < -0.3 is 60.2 Å². The molecule has 13 nitrogen and oxygen atoms in total. The van der Waals surface area contributed by atoms with Crippen molar-refractivity contribution in [2.24, 2.45) is 0 Å². The molecule has 0 saturated carbocycles. The predicted molar refractivity (Wildman–Crippen MR) is 157 cm³/mol. The summed E-state index contributed by atoms with van der Waals surface area (Å²) >= 11 is 0. The average molecular weight is 625 g/mol. The van der Waals surface area contributed by atoms with Crippen LogP contribution < -0.4 is 0 Å². The van der Waals surface area contributed by atoms with E-state index in [2.05, 4.69) is 19.1 Å². The summed E-state index contributed by atoms with van der Waals surface area (Å²) in [4.78, 5) is 20.8. The Hall–Kier alpha value is -1.52. The number of allylic oxidation sites excluding steroid dienone is 2. The number of unbranched alkanes of at least 4 members (excludes halogenated alkanes) is 11. The van der Waals surface area contributed by atoms with E-state index in [1.54, 1.807) is 0 Å². The van der Waals surface area contributed by atoms with Crippen LogP contribution in [0, 0.1) is 0 Å². The van der Waals surface area contributed by atoms with E-state index < -0.39 is 74.3 Å². The minimum atomic E-state index is -1.97. The Kier molecular flexibility index (Phi) is 24.9. The van der Waals surface area contributed by atoms with E-state index in [4.69, 9.17) is 24.8 Å². The molecule has 0 spiro atoms. The highest BCUT2D eigenvalue weighted by Gasteiger charge is 2.46. The first kappa shape index (κ1) is 41.5. The van der Waals surface area contributed by atoms with Gasteiger partial charge in [-0.1, -0.05) is 70.4 Å². The van der Waals surface area contributed by atoms with E-state index in [9.17, 15) is 40.2 Å². The topological polar surface area (TPSA) is 235 Å². The molecule has 0 aliphatic carbocycles. The molecule has 43 heavy (non-hydrogen) atoms. The third-order valence-corrected chi connectivity index (χ3v) is 7.18. The lowest BCUT2D eigenvalue weighted by Gasteiger charge is -2.42.